The minimum absolute atomic E-state index is 0.355. The first-order chi connectivity index (χ1) is 7.72. The summed E-state index contributed by atoms with van der Waals surface area (Å²) in [5.74, 6) is 0. The van der Waals surface area contributed by atoms with E-state index < -0.39 is 0 Å². The molecule has 0 aliphatic carbocycles. The number of fused-ring (bicyclic) bond motifs is 1. The van der Waals surface area contributed by atoms with Crippen LogP contribution in [-0.2, 0) is 0 Å². The lowest BCUT2D eigenvalue weighted by molar-refractivity contribution is 0.382. The van der Waals surface area contributed by atoms with Crippen LogP contribution < -0.4 is 4.74 Å². The van der Waals surface area contributed by atoms with Crippen LogP contribution in [0.1, 0.15) is 6.92 Å². The van der Waals surface area contributed by atoms with Crippen molar-refractivity contribution in [2.75, 3.05) is 13.4 Å². The zero-order chi connectivity index (χ0) is 11.5. The number of hydrogen-bond donors (Lipinski definition) is 0. The molecule has 0 saturated carbocycles. The highest BCUT2D eigenvalue weighted by Crippen LogP contribution is 2.27. The van der Waals surface area contributed by atoms with Crippen molar-refractivity contribution in [3.8, 4) is 6.01 Å². The van der Waals surface area contributed by atoms with E-state index in [0.29, 0.717) is 11.1 Å². The zero-order valence-corrected chi connectivity index (χ0v) is 10.7. The Bertz CT molecular complexity index is 537. The van der Waals surface area contributed by atoms with Crippen LogP contribution in [0.5, 0.6) is 6.01 Å². The first kappa shape index (κ1) is 11.3. The van der Waals surface area contributed by atoms with E-state index in [1.54, 1.807) is 25.1 Å². The highest BCUT2D eigenvalue weighted by Gasteiger charge is 2.06. The summed E-state index contributed by atoms with van der Waals surface area (Å²) in [7, 11) is 1.54. The van der Waals surface area contributed by atoms with E-state index in [9.17, 15) is 0 Å². The number of aromatic nitrogens is 3. The average molecular weight is 254 g/mol. The van der Waals surface area contributed by atoms with Crippen molar-refractivity contribution < 1.29 is 4.74 Å². The number of rotatable bonds is 2. The Morgan fingerprint density at radius 2 is 2.31 bits per heavy atom. The number of thioether (sulfide) groups is 1. The van der Waals surface area contributed by atoms with Gasteiger partial charge in [-0.05, 0) is 13.2 Å². The number of methoxy groups -OCH3 is 1. The summed E-state index contributed by atoms with van der Waals surface area (Å²) in [5, 5.41) is 1.67. The summed E-state index contributed by atoms with van der Waals surface area (Å²) >= 11 is 3.02. The minimum atomic E-state index is 0.355. The summed E-state index contributed by atoms with van der Waals surface area (Å²) in [6, 6.07) is 0.355. The van der Waals surface area contributed by atoms with Crippen LogP contribution in [0, 0.1) is 0 Å². The zero-order valence-electron chi connectivity index (χ0n) is 9.09. The molecule has 5 nitrogen and oxygen atoms in total. The largest absolute Gasteiger partial charge is 0.467 e. The molecule has 2 rings (SSSR count). The van der Waals surface area contributed by atoms with Crippen LogP contribution in [0.3, 0.4) is 0 Å². The molecule has 0 saturated heterocycles. The lowest BCUT2D eigenvalue weighted by atomic mass is 10.6. The van der Waals surface area contributed by atoms with Crippen LogP contribution in [-0.4, -0.2) is 33.4 Å². The third-order valence-electron chi connectivity index (χ3n) is 1.85. The van der Waals surface area contributed by atoms with Crippen molar-refractivity contribution in [2.45, 2.75) is 6.92 Å². The van der Waals surface area contributed by atoms with Crippen LogP contribution in [0.2, 0.25) is 0 Å². The molecule has 0 spiro atoms. The maximum Gasteiger partial charge on any atom is 0.317 e. The van der Waals surface area contributed by atoms with Crippen LogP contribution in [0.15, 0.2) is 11.2 Å². The summed E-state index contributed by atoms with van der Waals surface area (Å²) in [4.78, 5) is 17.6. The average Bonchev–Trinajstić information content (AvgIpc) is 2.69. The Kier molecular flexibility index (Phi) is 3.35. The van der Waals surface area contributed by atoms with Crippen LogP contribution in [0.4, 0.5) is 5.13 Å². The molecule has 0 N–H and O–H groups in total. The molecule has 0 aliphatic heterocycles. The molecule has 2 aromatic rings. The standard InChI is InChI=1S/C9H10N4OS2/c1-5(15-3)11-9-12-6-4-10-8(14-2)13-7(6)16-9/h4H,1-3H3/b11-5-. The molecule has 0 aliphatic rings. The maximum absolute atomic E-state index is 4.95. The Balaban J connectivity index is 2.44. The van der Waals surface area contributed by atoms with Gasteiger partial charge in [0, 0.05) is 0 Å². The molecule has 0 radical (unpaired) electrons. The van der Waals surface area contributed by atoms with Crippen LogP contribution >= 0.6 is 23.1 Å². The Labute approximate surface area is 101 Å². The highest BCUT2D eigenvalue weighted by atomic mass is 32.2. The van der Waals surface area contributed by atoms with Gasteiger partial charge < -0.3 is 4.74 Å². The number of thiazole rings is 1. The van der Waals surface area contributed by atoms with Gasteiger partial charge in [-0.25, -0.2) is 15.0 Å². The molecule has 0 amide bonds. The molecule has 2 aromatic heterocycles. The fourth-order valence-corrected chi connectivity index (χ4v) is 2.10. The predicted octanol–water partition coefficient (Wildman–Crippen LogP) is 2.51. The fraction of sp³-hybridized carbons (Fsp3) is 0.333. The SMILES string of the molecule is COc1ncc2nc(/N=C(/C)SC)sc2n1. The van der Waals surface area contributed by atoms with Crippen molar-refractivity contribution in [3.63, 3.8) is 0 Å². The molecule has 0 aromatic carbocycles. The molecule has 0 unspecified atom stereocenters. The van der Waals surface area contributed by atoms with Crippen LogP contribution in [0.25, 0.3) is 10.3 Å². The van der Waals surface area contributed by atoms with Crippen molar-refractivity contribution >= 4 is 43.6 Å². The molecule has 0 fully saturated rings. The second kappa shape index (κ2) is 4.75. The lowest BCUT2D eigenvalue weighted by Gasteiger charge is -1.93. The fourth-order valence-electron chi connectivity index (χ4n) is 1.04. The van der Waals surface area contributed by atoms with E-state index in [-0.39, 0.29) is 0 Å². The van der Waals surface area contributed by atoms with Gasteiger partial charge in [0.15, 0.2) is 4.83 Å². The topological polar surface area (TPSA) is 60.3 Å². The molecule has 0 bridgehead atoms. The molecule has 7 heteroatoms. The number of nitrogens with zero attached hydrogens (tertiary/aromatic N) is 4. The quantitative estimate of drug-likeness (QED) is 0.608. The Morgan fingerprint density at radius 3 is 3.00 bits per heavy atom. The van der Waals surface area contributed by atoms with E-state index in [0.717, 1.165) is 15.4 Å². The second-order valence-corrected chi connectivity index (χ2v) is 4.83. The first-order valence-corrected chi connectivity index (χ1v) is 6.54. The normalized spacial score (nSPS) is 12.1. The third kappa shape index (κ3) is 2.30. The summed E-state index contributed by atoms with van der Waals surface area (Å²) in [6.07, 6.45) is 3.63. The van der Waals surface area contributed by atoms with E-state index in [1.807, 2.05) is 13.2 Å². The number of ether oxygens (including phenoxy) is 1. The van der Waals surface area contributed by atoms with Gasteiger partial charge in [0.05, 0.1) is 18.4 Å². The molecular formula is C9H10N4OS2. The van der Waals surface area contributed by atoms with Gasteiger partial charge in [-0.1, -0.05) is 11.3 Å². The van der Waals surface area contributed by atoms with Crippen molar-refractivity contribution in [3.05, 3.63) is 6.20 Å². The highest BCUT2D eigenvalue weighted by molar-refractivity contribution is 8.13. The minimum Gasteiger partial charge on any atom is -0.467 e. The molecular weight excluding hydrogens is 244 g/mol. The van der Waals surface area contributed by atoms with Gasteiger partial charge in [0.25, 0.3) is 0 Å². The molecule has 16 heavy (non-hydrogen) atoms. The van der Waals surface area contributed by atoms with Gasteiger partial charge in [0.1, 0.15) is 5.52 Å². The van der Waals surface area contributed by atoms with E-state index in [1.165, 1.54) is 11.3 Å². The summed E-state index contributed by atoms with van der Waals surface area (Å²) < 4.78 is 4.95. The smallest absolute Gasteiger partial charge is 0.317 e. The predicted molar refractivity (Wildman–Crippen MR) is 68.0 cm³/mol. The van der Waals surface area contributed by atoms with Crippen molar-refractivity contribution in [2.24, 2.45) is 4.99 Å². The van der Waals surface area contributed by atoms with E-state index in [2.05, 4.69) is 19.9 Å². The lowest BCUT2D eigenvalue weighted by Crippen LogP contribution is -1.89. The summed E-state index contributed by atoms with van der Waals surface area (Å²) in [6.45, 7) is 1.95. The van der Waals surface area contributed by atoms with Gasteiger partial charge in [-0.15, -0.1) is 11.8 Å². The summed E-state index contributed by atoms with van der Waals surface area (Å²) in [5.41, 5.74) is 0.749. The monoisotopic (exact) mass is 254 g/mol. The molecule has 0 atom stereocenters. The van der Waals surface area contributed by atoms with Gasteiger partial charge >= 0.3 is 6.01 Å². The third-order valence-corrected chi connectivity index (χ3v) is 3.39. The Morgan fingerprint density at radius 1 is 1.50 bits per heavy atom. The van der Waals surface area contributed by atoms with Crippen molar-refractivity contribution in [1.82, 2.24) is 15.0 Å². The Hall–Kier alpha value is -1.21. The molecule has 84 valence electrons. The van der Waals surface area contributed by atoms with E-state index >= 15 is 0 Å². The van der Waals surface area contributed by atoms with Gasteiger partial charge in [0.2, 0.25) is 5.13 Å². The van der Waals surface area contributed by atoms with Gasteiger partial charge in [-0.2, -0.15) is 4.98 Å². The first-order valence-electron chi connectivity index (χ1n) is 4.50. The van der Waals surface area contributed by atoms with E-state index in [4.69, 9.17) is 4.74 Å². The van der Waals surface area contributed by atoms with Gasteiger partial charge in [-0.3, -0.25) is 0 Å². The maximum atomic E-state index is 4.95. The number of hydrogen-bond acceptors (Lipinski definition) is 7. The molecule has 2 heterocycles. The van der Waals surface area contributed by atoms with Crippen molar-refractivity contribution in [1.29, 1.82) is 0 Å². The number of aliphatic imine (C=N–C) groups is 1. The second-order valence-electron chi connectivity index (χ2n) is 2.88.